The zero-order chi connectivity index (χ0) is 27.7. The van der Waals surface area contributed by atoms with Crippen LogP contribution in [0, 0.1) is 0 Å². The zero-order valence-electron chi connectivity index (χ0n) is 23.0. The van der Waals surface area contributed by atoms with Crippen LogP contribution in [0.15, 0.2) is 144 Å². The average molecular weight is 563 g/mol. The molecule has 4 aromatic carbocycles. The molecule has 0 saturated heterocycles. The average Bonchev–Trinajstić information content (AvgIpc) is 3.59. The van der Waals surface area contributed by atoms with E-state index in [0.29, 0.717) is 0 Å². The van der Waals surface area contributed by atoms with Crippen molar-refractivity contribution in [1.82, 2.24) is 0 Å². The van der Waals surface area contributed by atoms with Crippen LogP contribution in [0.5, 0.6) is 0 Å². The summed E-state index contributed by atoms with van der Waals surface area (Å²) in [4.78, 5) is 4.97. The first kappa shape index (κ1) is 24.5. The smallest absolute Gasteiger partial charge is 0.277 e. The van der Waals surface area contributed by atoms with Crippen LogP contribution in [0.25, 0.3) is 20.2 Å². The molecule has 2 aromatic heterocycles. The number of rotatable bonds is 3. The number of fused-ring (bicyclic) bond motifs is 9. The highest BCUT2D eigenvalue weighted by molar-refractivity contribution is 7.39. The number of anilines is 4. The fraction of sp³-hybridized carbons (Fsp3) is 0.0556. The van der Waals surface area contributed by atoms with E-state index in [1.54, 1.807) is 0 Å². The van der Waals surface area contributed by atoms with Crippen molar-refractivity contribution in [3.05, 3.63) is 144 Å². The van der Waals surface area contributed by atoms with Crippen molar-refractivity contribution in [2.75, 3.05) is 9.80 Å². The summed E-state index contributed by atoms with van der Waals surface area (Å²) in [5.41, 5.74) is 9.72. The Balaban J connectivity index is 1.56. The van der Waals surface area contributed by atoms with Gasteiger partial charge < -0.3 is 9.80 Å². The summed E-state index contributed by atoms with van der Waals surface area (Å²) in [5.74, 6) is 0. The second-order valence-corrected chi connectivity index (χ2v) is 12.8. The number of hydrogen-bond acceptors (Lipinski definition) is 4. The standard InChI is InChI=1S/C36H27BN2S2/c1-4-28-31-32(23(2)3)39(25-17-9-6-10-18-25)34-27-20-12-14-22-30(27)41-36(34)37(31)35-33(26-19-11-13-21-29(26)40-35)38(28)24-15-7-5-8-16-24/h4-22H,2H2,1,3H3/b28-4+. The molecular formula is C36H27BN2S2. The van der Waals surface area contributed by atoms with Gasteiger partial charge in [0.1, 0.15) is 0 Å². The lowest BCUT2D eigenvalue weighted by Crippen LogP contribution is -2.54. The van der Waals surface area contributed by atoms with Gasteiger partial charge in [-0.25, -0.2) is 0 Å². The molecule has 2 aliphatic rings. The second-order valence-electron chi connectivity index (χ2n) is 10.6. The third-order valence-electron chi connectivity index (χ3n) is 8.15. The van der Waals surface area contributed by atoms with Crippen LogP contribution in [0.2, 0.25) is 0 Å². The molecule has 6 aromatic rings. The Bertz CT molecular complexity index is 2050. The highest BCUT2D eigenvalue weighted by Crippen LogP contribution is 2.51. The van der Waals surface area contributed by atoms with Crippen LogP contribution in [0.3, 0.4) is 0 Å². The molecule has 0 aliphatic carbocycles. The van der Waals surface area contributed by atoms with Gasteiger partial charge in [0.25, 0.3) is 6.71 Å². The molecule has 5 heteroatoms. The van der Waals surface area contributed by atoms with E-state index in [-0.39, 0.29) is 6.71 Å². The van der Waals surface area contributed by atoms with Crippen LogP contribution in [-0.2, 0) is 0 Å². The van der Waals surface area contributed by atoms with E-state index in [2.05, 4.69) is 145 Å². The molecule has 0 amide bonds. The summed E-state index contributed by atoms with van der Waals surface area (Å²) in [6.07, 6.45) is 2.30. The largest absolute Gasteiger partial charge is 0.310 e. The summed E-state index contributed by atoms with van der Waals surface area (Å²) in [6, 6.07) is 39.4. The van der Waals surface area contributed by atoms with Crippen molar-refractivity contribution in [1.29, 1.82) is 0 Å². The number of allylic oxidation sites excluding steroid dienone is 3. The van der Waals surface area contributed by atoms with Gasteiger partial charge in [0, 0.05) is 52.5 Å². The molecule has 8 rings (SSSR count). The van der Waals surface area contributed by atoms with E-state index in [1.165, 1.54) is 63.7 Å². The van der Waals surface area contributed by atoms with E-state index in [9.17, 15) is 0 Å². The van der Waals surface area contributed by atoms with Gasteiger partial charge in [0.15, 0.2) is 0 Å². The molecular weight excluding hydrogens is 535 g/mol. The van der Waals surface area contributed by atoms with E-state index < -0.39 is 0 Å². The molecule has 0 saturated carbocycles. The van der Waals surface area contributed by atoms with E-state index in [1.807, 2.05) is 22.7 Å². The Hall–Kier alpha value is -4.32. The fourth-order valence-electron chi connectivity index (χ4n) is 6.60. The third-order valence-corrected chi connectivity index (χ3v) is 10.6. The predicted molar refractivity (Wildman–Crippen MR) is 181 cm³/mol. The first-order chi connectivity index (χ1) is 20.2. The first-order valence-corrected chi connectivity index (χ1v) is 15.6. The molecule has 0 unspecified atom stereocenters. The Morgan fingerprint density at radius 1 is 0.659 bits per heavy atom. The first-order valence-electron chi connectivity index (χ1n) is 14.0. The highest BCUT2D eigenvalue weighted by Gasteiger charge is 2.48. The maximum Gasteiger partial charge on any atom is 0.277 e. The molecule has 2 nitrogen and oxygen atoms in total. The molecule has 4 heterocycles. The predicted octanol–water partition coefficient (Wildman–Crippen LogP) is 9.30. The summed E-state index contributed by atoms with van der Waals surface area (Å²) < 4.78 is 5.43. The molecule has 196 valence electrons. The number of nitrogens with zero attached hydrogens (tertiary/aromatic N) is 2. The Labute approximate surface area is 248 Å². The van der Waals surface area contributed by atoms with Crippen LogP contribution >= 0.6 is 22.7 Å². The number of para-hydroxylation sites is 2. The van der Waals surface area contributed by atoms with E-state index in [0.717, 1.165) is 11.3 Å². The van der Waals surface area contributed by atoms with Crippen molar-refractivity contribution in [2.24, 2.45) is 0 Å². The lowest BCUT2D eigenvalue weighted by atomic mass is 9.38. The summed E-state index contributed by atoms with van der Waals surface area (Å²) in [5, 5.41) is 2.60. The summed E-state index contributed by atoms with van der Waals surface area (Å²) in [7, 11) is 0. The summed E-state index contributed by atoms with van der Waals surface area (Å²) in [6.45, 7) is 9.07. The zero-order valence-corrected chi connectivity index (χ0v) is 24.6. The second kappa shape index (κ2) is 9.37. The number of hydrogen-bond donors (Lipinski definition) is 0. The van der Waals surface area contributed by atoms with Gasteiger partial charge in [0.2, 0.25) is 0 Å². The maximum absolute atomic E-state index is 4.61. The minimum Gasteiger partial charge on any atom is -0.310 e. The van der Waals surface area contributed by atoms with Crippen LogP contribution in [0.4, 0.5) is 22.7 Å². The fourth-order valence-corrected chi connectivity index (χ4v) is 9.29. The van der Waals surface area contributed by atoms with Crippen LogP contribution in [0.1, 0.15) is 13.8 Å². The normalized spacial score (nSPS) is 15.5. The van der Waals surface area contributed by atoms with Gasteiger partial charge in [-0.15, -0.1) is 22.7 Å². The quantitative estimate of drug-likeness (QED) is 0.198. The lowest BCUT2D eigenvalue weighted by Gasteiger charge is -2.44. The van der Waals surface area contributed by atoms with Crippen LogP contribution in [-0.4, -0.2) is 6.71 Å². The topological polar surface area (TPSA) is 6.48 Å². The SMILES string of the molecule is C=C(C)C1=C2B(c3sc4ccccc4c3N1c1ccccc1)c1sc3ccccc3c1N(c1ccccc1)/C2=C/C. The molecule has 0 atom stereocenters. The van der Waals surface area contributed by atoms with E-state index in [4.69, 9.17) is 0 Å². The van der Waals surface area contributed by atoms with Gasteiger partial charge >= 0.3 is 0 Å². The van der Waals surface area contributed by atoms with Crippen molar-refractivity contribution in [2.45, 2.75) is 13.8 Å². The molecule has 0 spiro atoms. The molecule has 41 heavy (non-hydrogen) atoms. The number of thiophene rings is 2. The van der Waals surface area contributed by atoms with Gasteiger partial charge in [-0.05, 0) is 61.3 Å². The highest BCUT2D eigenvalue weighted by atomic mass is 32.1. The van der Waals surface area contributed by atoms with Crippen molar-refractivity contribution >= 4 is 81.9 Å². The van der Waals surface area contributed by atoms with Crippen LogP contribution < -0.4 is 19.4 Å². The minimum absolute atomic E-state index is 0.118. The Morgan fingerprint density at radius 3 is 1.63 bits per heavy atom. The van der Waals surface area contributed by atoms with Gasteiger partial charge in [-0.3, -0.25) is 0 Å². The number of benzene rings is 4. The summed E-state index contributed by atoms with van der Waals surface area (Å²) >= 11 is 3.87. The molecule has 0 fully saturated rings. The third kappa shape index (κ3) is 3.49. The van der Waals surface area contributed by atoms with Gasteiger partial charge in [-0.2, -0.15) is 0 Å². The Kier molecular flexibility index (Phi) is 5.59. The lowest BCUT2D eigenvalue weighted by molar-refractivity contribution is 1.11. The molecule has 0 bridgehead atoms. The van der Waals surface area contributed by atoms with Gasteiger partial charge in [0.05, 0.1) is 11.4 Å². The van der Waals surface area contributed by atoms with E-state index >= 15 is 0 Å². The van der Waals surface area contributed by atoms with Crippen molar-refractivity contribution < 1.29 is 0 Å². The van der Waals surface area contributed by atoms with Crippen molar-refractivity contribution in [3.63, 3.8) is 0 Å². The van der Waals surface area contributed by atoms with Crippen molar-refractivity contribution in [3.8, 4) is 0 Å². The monoisotopic (exact) mass is 562 g/mol. The minimum atomic E-state index is 0.118. The molecule has 0 radical (unpaired) electrons. The molecule has 2 aliphatic heterocycles. The maximum atomic E-state index is 4.61. The Morgan fingerprint density at radius 2 is 1.12 bits per heavy atom. The van der Waals surface area contributed by atoms with Gasteiger partial charge in [-0.1, -0.05) is 85.5 Å². The molecule has 0 N–H and O–H groups in total.